The van der Waals surface area contributed by atoms with Crippen LogP contribution in [0.5, 0.6) is 0 Å². The van der Waals surface area contributed by atoms with Crippen molar-refractivity contribution < 1.29 is 4.42 Å². The third kappa shape index (κ3) is 2.50. The minimum Gasteiger partial charge on any atom is -0.472 e. The fraction of sp³-hybridized carbons (Fsp3) is 0. The van der Waals surface area contributed by atoms with E-state index >= 15 is 0 Å². The Hall–Kier alpha value is -4.33. The first-order valence-corrected chi connectivity index (χ1v) is 8.99. The molecular weight excluding hydrogens is 366 g/mol. The molecule has 0 fully saturated rings. The largest absolute Gasteiger partial charge is 0.472 e. The molecule has 0 atom stereocenters. The summed E-state index contributed by atoms with van der Waals surface area (Å²) in [5.41, 5.74) is 7.43. The monoisotopic (exact) mass is 379 g/mol. The maximum Gasteiger partial charge on any atom is 0.161 e. The molecule has 6 aromatic heterocycles. The Bertz CT molecular complexity index is 1450. The molecule has 29 heavy (non-hydrogen) atoms. The molecule has 0 saturated heterocycles. The SMILES string of the molecule is c1cncc(-c2ccc3[nH]nc(-c4nc5c(-c6ccoc6)cncc5[nH]4)c3n2)c1. The Kier molecular flexibility index (Phi) is 3.30. The Morgan fingerprint density at radius 3 is 2.69 bits per heavy atom. The predicted molar refractivity (Wildman–Crippen MR) is 108 cm³/mol. The molecule has 2 N–H and O–H groups in total. The van der Waals surface area contributed by atoms with Crippen LogP contribution in [-0.4, -0.2) is 35.1 Å². The molecule has 0 bridgehead atoms. The highest BCUT2D eigenvalue weighted by Gasteiger charge is 2.17. The van der Waals surface area contributed by atoms with E-state index in [0.717, 1.165) is 44.5 Å². The van der Waals surface area contributed by atoms with E-state index in [1.54, 1.807) is 37.3 Å². The smallest absolute Gasteiger partial charge is 0.161 e. The first-order chi connectivity index (χ1) is 14.4. The number of aromatic nitrogens is 7. The third-order valence-corrected chi connectivity index (χ3v) is 4.82. The Morgan fingerprint density at radius 2 is 1.83 bits per heavy atom. The summed E-state index contributed by atoms with van der Waals surface area (Å²) in [6.07, 6.45) is 10.4. The molecule has 0 aliphatic rings. The van der Waals surface area contributed by atoms with Gasteiger partial charge in [-0.15, -0.1) is 0 Å². The molecule has 8 heteroatoms. The molecule has 0 saturated carbocycles. The fourth-order valence-corrected chi connectivity index (χ4v) is 3.41. The van der Waals surface area contributed by atoms with Gasteiger partial charge in [-0.1, -0.05) is 0 Å². The summed E-state index contributed by atoms with van der Waals surface area (Å²) >= 11 is 0. The first kappa shape index (κ1) is 15.7. The average molecular weight is 379 g/mol. The van der Waals surface area contributed by atoms with Crippen LogP contribution in [0.4, 0.5) is 0 Å². The van der Waals surface area contributed by atoms with Crippen LogP contribution < -0.4 is 0 Å². The third-order valence-electron chi connectivity index (χ3n) is 4.82. The van der Waals surface area contributed by atoms with Gasteiger partial charge in [0.05, 0.1) is 35.5 Å². The predicted octanol–water partition coefficient (Wildman–Crippen LogP) is 4.22. The number of H-pyrrole nitrogens is 2. The second-order valence-corrected chi connectivity index (χ2v) is 6.59. The number of fused-ring (bicyclic) bond motifs is 2. The van der Waals surface area contributed by atoms with E-state index in [1.165, 1.54) is 0 Å². The molecular formula is C21H13N7O. The standard InChI is InChI=1S/C21H13N7O/c1-2-12(8-22-6-1)15-3-4-16-19(24-15)20(28-27-16)21-25-17-10-23-9-14(18(17)26-21)13-5-7-29-11-13/h1-11H,(H,25,26)(H,27,28). The molecule has 6 aromatic rings. The van der Waals surface area contributed by atoms with Gasteiger partial charge < -0.3 is 9.40 Å². The highest BCUT2D eigenvalue weighted by Crippen LogP contribution is 2.31. The number of hydrogen-bond donors (Lipinski definition) is 2. The van der Waals surface area contributed by atoms with E-state index in [1.807, 2.05) is 30.3 Å². The number of imidazole rings is 1. The number of nitrogens with zero attached hydrogens (tertiary/aromatic N) is 5. The van der Waals surface area contributed by atoms with Crippen molar-refractivity contribution in [1.29, 1.82) is 0 Å². The molecule has 6 heterocycles. The van der Waals surface area contributed by atoms with Gasteiger partial charge in [-0.25, -0.2) is 9.97 Å². The lowest BCUT2D eigenvalue weighted by Crippen LogP contribution is -1.87. The van der Waals surface area contributed by atoms with E-state index < -0.39 is 0 Å². The van der Waals surface area contributed by atoms with Gasteiger partial charge in [0, 0.05) is 35.3 Å². The lowest BCUT2D eigenvalue weighted by molar-refractivity contribution is 0.568. The van der Waals surface area contributed by atoms with Crippen LogP contribution in [0.1, 0.15) is 0 Å². The van der Waals surface area contributed by atoms with Crippen LogP contribution in [0.15, 0.2) is 72.1 Å². The molecule has 0 unspecified atom stereocenters. The van der Waals surface area contributed by atoms with E-state index in [9.17, 15) is 0 Å². The lowest BCUT2D eigenvalue weighted by atomic mass is 10.1. The number of rotatable bonds is 3. The van der Waals surface area contributed by atoms with E-state index in [0.29, 0.717) is 11.5 Å². The normalized spacial score (nSPS) is 11.4. The molecule has 0 radical (unpaired) electrons. The summed E-state index contributed by atoms with van der Waals surface area (Å²) in [5, 5.41) is 7.49. The van der Waals surface area contributed by atoms with E-state index in [4.69, 9.17) is 14.4 Å². The molecule has 0 spiro atoms. The zero-order chi connectivity index (χ0) is 19.2. The maximum atomic E-state index is 5.21. The van der Waals surface area contributed by atoms with Crippen LogP contribution in [0.3, 0.4) is 0 Å². The number of hydrogen-bond acceptors (Lipinski definition) is 6. The number of pyridine rings is 3. The molecule has 0 aliphatic carbocycles. The second kappa shape index (κ2) is 6.10. The summed E-state index contributed by atoms with van der Waals surface area (Å²) < 4.78 is 5.21. The first-order valence-electron chi connectivity index (χ1n) is 8.99. The quantitative estimate of drug-likeness (QED) is 0.476. The van der Waals surface area contributed by atoms with E-state index in [-0.39, 0.29) is 0 Å². The van der Waals surface area contributed by atoms with Gasteiger partial charge in [0.2, 0.25) is 0 Å². The van der Waals surface area contributed by atoms with Crippen LogP contribution >= 0.6 is 0 Å². The zero-order valence-corrected chi connectivity index (χ0v) is 15.0. The van der Waals surface area contributed by atoms with Gasteiger partial charge in [-0.3, -0.25) is 15.1 Å². The average Bonchev–Trinajstić information content (AvgIpc) is 3.52. The highest BCUT2D eigenvalue weighted by molar-refractivity contribution is 5.95. The van der Waals surface area contributed by atoms with Gasteiger partial charge in [-0.2, -0.15) is 5.10 Å². The number of nitrogens with one attached hydrogen (secondary N) is 2. The van der Waals surface area contributed by atoms with Crippen molar-refractivity contribution >= 4 is 22.1 Å². The molecule has 0 aromatic carbocycles. The zero-order valence-electron chi connectivity index (χ0n) is 15.0. The molecule has 6 rings (SSSR count). The summed E-state index contributed by atoms with van der Waals surface area (Å²) in [7, 11) is 0. The van der Waals surface area contributed by atoms with E-state index in [2.05, 4.69) is 25.1 Å². The summed E-state index contributed by atoms with van der Waals surface area (Å²) in [4.78, 5) is 21.4. The van der Waals surface area contributed by atoms with Crippen LogP contribution in [0.25, 0.3) is 56.0 Å². The van der Waals surface area contributed by atoms with Crippen molar-refractivity contribution in [2.24, 2.45) is 0 Å². The van der Waals surface area contributed by atoms with Crippen LogP contribution in [0.2, 0.25) is 0 Å². The van der Waals surface area contributed by atoms with Gasteiger partial charge in [-0.05, 0) is 30.3 Å². The molecule has 138 valence electrons. The van der Waals surface area contributed by atoms with Crippen molar-refractivity contribution in [3.63, 3.8) is 0 Å². The molecule has 0 aliphatic heterocycles. The van der Waals surface area contributed by atoms with Gasteiger partial charge in [0.1, 0.15) is 11.0 Å². The Labute approximate surface area is 163 Å². The van der Waals surface area contributed by atoms with Crippen molar-refractivity contribution in [1.82, 2.24) is 35.1 Å². The topological polar surface area (TPSA) is 109 Å². The summed E-state index contributed by atoms with van der Waals surface area (Å²) in [5.74, 6) is 0.625. The fourth-order valence-electron chi connectivity index (χ4n) is 3.41. The van der Waals surface area contributed by atoms with Crippen LogP contribution in [0, 0.1) is 0 Å². The molecule has 0 amide bonds. The lowest BCUT2D eigenvalue weighted by Gasteiger charge is -2.00. The minimum atomic E-state index is 0.625. The van der Waals surface area contributed by atoms with Crippen molar-refractivity contribution in [2.75, 3.05) is 0 Å². The van der Waals surface area contributed by atoms with Gasteiger partial charge in [0.25, 0.3) is 0 Å². The second-order valence-electron chi connectivity index (χ2n) is 6.59. The summed E-state index contributed by atoms with van der Waals surface area (Å²) in [6, 6.07) is 9.66. The Morgan fingerprint density at radius 1 is 0.828 bits per heavy atom. The highest BCUT2D eigenvalue weighted by atomic mass is 16.3. The number of aromatic amines is 2. The van der Waals surface area contributed by atoms with Crippen molar-refractivity contribution in [3.05, 3.63) is 67.6 Å². The van der Waals surface area contributed by atoms with Crippen LogP contribution in [-0.2, 0) is 0 Å². The van der Waals surface area contributed by atoms with Gasteiger partial charge >= 0.3 is 0 Å². The summed E-state index contributed by atoms with van der Waals surface area (Å²) in [6.45, 7) is 0. The van der Waals surface area contributed by atoms with Gasteiger partial charge in [0.15, 0.2) is 11.5 Å². The van der Waals surface area contributed by atoms with Crippen molar-refractivity contribution in [2.45, 2.75) is 0 Å². The maximum absolute atomic E-state index is 5.21. The minimum absolute atomic E-state index is 0.625. The van der Waals surface area contributed by atoms with Crippen molar-refractivity contribution in [3.8, 4) is 33.9 Å². The number of furan rings is 1. The Balaban J connectivity index is 1.53. The molecule has 8 nitrogen and oxygen atoms in total.